The van der Waals surface area contributed by atoms with E-state index in [1.165, 1.54) is 41.2 Å². The third-order valence-electron chi connectivity index (χ3n) is 3.41. The molecule has 0 amide bonds. The Morgan fingerprint density at radius 3 is 2.59 bits per heavy atom. The van der Waals surface area contributed by atoms with Gasteiger partial charge in [0.2, 0.25) is 0 Å². The van der Waals surface area contributed by atoms with Gasteiger partial charge in [-0.15, -0.1) is 0 Å². The molecule has 0 aliphatic rings. The fourth-order valence-electron chi connectivity index (χ4n) is 2.40. The smallest absolute Gasteiger partial charge is 0.00773 e. The second kappa shape index (κ2) is 5.83. The fourth-order valence-corrected chi connectivity index (χ4v) is 2.40. The van der Waals surface area contributed by atoms with E-state index in [-0.39, 0.29) is 0 Å². The maximum absolute atomic E-state index is 5.53. The monoisotopic (exact) mass is 227 g/mol. The van der Waals surface area contributed by atoms with Crippen molar-refractivity contribution in [3.05, 3.63) is 47.5 Å². The normalized spacial score (nSPS) is 10.9. The second-order valence-corrected chi connectivity index (χ2v) is 4.68. The average molecular weight is 227 g/mol. The van der Waals surface area contributed by atoms with Crippen molar-refractivity contribution in [2.45, 2.75) is 32.6 Å². The first-order chi connectivity index (χ1) is 8.33. The van der Waals surface area contributed by atoms with Crippen molar-refractivity contribution in [3.63, 3.8) is 0 Å². The highest BCUT2D eigenvalue weighted by Crippen LogP contribution is 2.23. The molecule has 0 radical (unpaired) electrons. The Balaban J connectivity index is 2.22. The first-order valence-corrected chi connectivity index (χ1v) is 6.50. The van der Waals surface area contributed by atoms with Crippen LogP contribution in [-0.4, -0.2) is 6.54 Å². The van der Waals surface area contributed by atoms with Gasteiger partial charge in [-0.2, -0.15) is 0 Å². The zero-order valence-corrected chi connectivity index (χ0v) is 10.6. The predicted molar refractivity (Wildman–Crippen MR) is 75.3 cm³/mol. The van der Waals surface area contributed by atoms with E-state index >= 15 is 0 Å². The van der Waals surface area contributed by atoms with Gasteiger partial charge < -0.3 is 5.73 Å². The molecule has 0 spiro atoms. The van der Waals surface area contributed by atoms with Gasteiger partial charge in [0.25, 0.3) is 0 Å². The molecule has 0 aromatic heterocycles. The molecular weight excluding hydrogens is 206 g/mol. The molecule has 0 fully saturated rings. The molecule has 1 heteroatoms. The van der Waals surface area contributed by atoms with Gasteiger partial charge in [0, 0.05) is 0 Å². The molecule has 2 aromatic carbocycles. The first-order valence-electron chi connectivity index (χ1n) is 6.50. The standard InChI is InChI=1S/C16H21N/c1-13-10-11-14-7-4-5-9-16(14)15(13)8-3-2-6-12-17/h4-5,7,9-11H,2-3,6,8,12,17H2,1H3. The summed E-state index contributed by atoms with van der Waals surface area (Å²) in [5.74, 6) is 0. The molecule has 0 saturated carbocycles. The number of aryl methyl sites for hydroxylation is 2. The molecule has 0 aliphatic heterocycles. The van der Waals surface area contributed by atoms with Crippen molar-refractivity contribution in [3.8, 4) is 0 Å². The van der Waals surface area contributed by atoms with Crippen molar-refractivity contribution in [1.29, 1.82) is 0 Å². The highest BCUT2D eigenvalue weighted by atomic mass is 14.5. The largest absolute Gasteiger partial charge is 0.330 e. The van der Waals surface area contributed by atoms with E-state index in [1.807, 2.05) is 0 Å². The van der Waals surface area contributed by atoms with Gasteiger partial charge in [0.1, 0.15) is 0 Å². The van der Waals surface area contributed by atoms with Gasteiger partial charge >= 0.3 is 0 Å². The second-order valence-electron chi connectivity index (χ2n) is 4.68. The number of hydrogen-bond acceptors (Lipinski definition) is 1. The van der Waals surface area contributed by atoms with Gasteiger partial charge in [-0.3, -0.25) is 0 Å². The minimum atomic E-state index is 0.814. The lowest BCUT2D eigenvalue weighted by Gasteiger charge is -2.10. The Bertz CT molecular complexity index is 488. The highest BCUT2D eigenvalue weighted by molar-refractivity contribution is 5.86. The molecule has 0 heterocycles. The van der Waals surface area contributed by atoms with Crippen molar-refractivity contribution in [1.82, 2.24) is 0 Å². The minimum Gasteiger partial charge on any atom is -0.330 e. The molecule has 17 heavy (non-hydrogen) atoms. The minimum absolute atomic E-state index is 0.814. The van der Waals surface area contributed by atoms with Gasteiger partial charge in [-0.05, 0) is 54.6 Å². The van der Waals surface area contributed by atoms with Crippen LogP contribution < -0.4 is 5.73 Å². The van der Waals surface area contributed by atoms with E-state index in [1.54, 1.807) is 0 Å². The molecule has 2 aromatic rings. The lowest BCUT2D eigenvalue weighted by atomic mass is 9.95. The van der Waals surface area contributed by atoms with Crippen LogP contribution in [0.4, 0.5) is 0 Å². The van der Waals surface area contributed by atoms with Crippen LogP contribution in [0.1, 0.15) is 30.4 Å². The molecule has 2 rings (SSSR count). The Kier molecular flexibility index (Phi) is 4.16. The first kappa shape index (κ1) is 12.1. The van der Waals surface area contributed by atoms with Crippen LogP contribution >= 0.6 is 0 Å². The topological polar surface area (TPSA) is 26.0 Å². The van der Waals surface area contributed by atoms with Gasteiger partial charge in [-0.1, -0.05) is 42.8 Å². The lowest BCUT2D eigenvalue weighted by Crippen LogP contribution is -1.99. The van der Waals surface area contributed by atoms with E-state index in [9.17, 15) is 0 Å². The van der Waals surface area contributed by atoms with Crippen molar-refractivity contribution >= 4 is 10.8 Å². The Labute approximate surface area is 104 Å². The Morgan fingerprint density at radius 1 is 0.941 bits per heavy atom. The third-order valence-corrected chi connectivity index (χ3v) is 3.41. The summed E-state index contributed by atoms with van der Waals surface area (Å²) in [6, 6.07) is 13.1. The van der Waals surface area contributed by atoms with E-state index in [0.29, 0.717) is 0 Å². The van der Waals surface area contributed by atoms with E-state index in [0.717, 1.165) is 13.0 Å². The number of unbranched alkanes of at least 4 members (excludes halogenated alkanes) is 2. The van der Waals surface area contributed by atoms with Crippen LogP contribution in [0.15, 0.2) is 36.4 Å². The van der Waals surface area contributed by atoms with Crippen molar-refractivity contribution < 1.29 is 0 Å². The van der Waals surface area contributed by atoms with E-state index in [2.05, 4.69) is 43.3 Å². The maximum Gasteiger partial charge on any atom is -0.00773 e. The average Bonchev–Trinajstić information content (AvgIpc) is 2.37. The SMILES string of the molecule is Cc1ccc2ccccc2c1CCCCCN. The highest BCUT2D eigenvalue weighted by Gasteiger charge is 2.03. The Hall–Kier alpha value is -1.34. The summed E-state index contributed by atoms with van der Waals surface area (Å²) in [5, 5.41) is 2.77. The summed E-state index contributed by atoms with van der Waals surface area (Å²) < 4.78 is 0. The molecule has 1 nitrogen and oxygen atoms in total. The molecule has 0 bridgehead atoms. The molecule has 0 aliphatic carbocycles. The Morgan fingerprint density at radius 2 is 1.76 bits per heavy atom. The summed E-state index contributed by atoms with van der Waals surface area (Å²) in [6.07, 6.45) is 4.79. The van der Waals surface area contributed by atoms with Crippen LogP contribution in [0.25, 0.3) is 10.8 Å². The van der Waals surface area contributed by atoms with Gasteiger partial charge in [-0.25, -0.2) is 0 Å². The number of fused-ring (bicyclic) bond motifs is 1. The molecule has 0 saturated heterocycles. The number of nitrogens with two attached hydrogens (primary N) is 1. The molecule has 0 atom stereocenters. The summed E-state index contributed by atoms with van der Waals surface area (Å²) in [4.78, 5) is 0. The van der Waals surface area contributed by atoms with Crippen LogP contribution in [0.2, 0.25) is 0 Å². The molecule has 0 unspecified atom stereocenters. The third kappa shape index (κ3) is 2.86. The number of hydrogen-bond donors (Lipinski definition) is 1. The van der Waals surface area contributed by atoms with Crippen LogP contribution in [0.5, 0.6) is 0 Å². The summed E-state index contributed by atoms with van der Waals surface area (Å²) in [6.45, 7) is 3.03. The summed E-state index contributed by atoms with van der Waals surface area (Å²) in [5.41, 5.74) is 8.46. The van der Waals surface area contributed by atoms with E-state index in [4.69, 9.17) is 5.73 Å². The fraction of sp³-hybridized carbons (Fsp3) is 0.375. The van der Waals surface area contributed by atoms with Crippen LogP contribution in [0.3, 0.4) is 0 Å². The number of rotatable bonds is 5. The van der Waals surface area contributed by atoms with Crippen molar-refractivity contribution in [2.75, 3.05) is 6.54 Å². The predicted octanol–water partition coefficient (Wildman–Crippen LogP) is 3.82. The summed E-state index contributed by atoms with van der Waals surface area (Å²) in [7, 11) is 0. The quantitative estimate of drug-likeness (QED) is 0.772. The van der Waals surface area contributed by atoms with Gasteiger partial charge in [0.15, 0.2) is 0 Å². The molecular formula is C16H21N. The van der Waals surface area contributed by atoms with E-state index < -0.39 is 0 Å². The lowest BCUT2D eigenvalue weighted by molar-refractivity contribution is 0.687. The van der Waals surface area contributed by atoms with Crippen molar-refractivity contribution in [2.24, 2.45) is 5.73 Å². The van der Waals surface area contributed by atoms with Gasteiger partial charge in [0.05, 0.1) is 0 Å². The molecule has 2 N–H and O–H groups in total. The summed E-state index contributed by atoms with van der Waals surface area (Å²) >= 11 is 0. The zero-order valence-electron chi connectivity index (χ0n) is 10.6. The van der Waals surface area contributed by atoms with Crippen LogP contribution in [-0.2, 0) is 6.42 Å². The number of benzene rings is 2. The zero-order chi connectivity index (χ0) is 12.1. The van der Waals surface area contributed by atoms with Crippen LogP contribution in [0, 0.1) is 6.92 Å². The maximum atomic E-state index is 5.53. The molecule has 90 valence electrons.